The number of carbonyl (C=O) groups is 2. The third-order valence-electron chi connectivity index (χ3n) is 3.41. The largest absolute Gasteiger partial charge is 0.481 e. The van der Waals surface area contributed by atoms with Crippen LogP contribution in [-0.2, 0) is 9.59 Å². The molecule has 2 N–H and O–H groups in total. The van der Waals surface area contributed by atoms with E-state index in [1.165, 1.54) is 6.42 Å². The minimum atomic E-state index is -0.918. The number of hydrogen-bond acceptors (Lipinski definition) is 2. The summed E-state index contributed by atoms with van der Waals surface area (Å²) in [5.74, 6) is -1.06. The van der Waals surface area contributed by atoms with Gasteiger partial charge >= 0.3 is 5.97 Å². The fourth-order valence-electron chi connectivity index (χ4n) is 2.25. The van der Waals surface area contributed by atoms with Gasteiger partial charge in [0.15, 0.2) is 0 Å². The number of aliphatic carboxylic acids is 1. The second-order valence-corrected chi connectivity index (χ2v) is 5.25. The number of carboxylic acid groups (broad SMARTS) is 1. The minimum Gasteiger partial charge on any atom is -0.481 e. The Morgan fingerprint density at radius 2 is 2.00 bits per heavy atom. The number of rotatable bonds is 4. The van der Waals surface area contributed by atoms with Crippen molar-refractivity contribution in [1.29, 1.82) is 0 Å². The molecule has 0 aromatic carbocycles. The van der Waals surface area contributed by atoms with Gasteiger partial charge < -0.3 is 10.4 Å². The van der Waals surface area contributed by atoms with Crippen LogP contribution < -0.4 is 5.32 Å². The average Bonchev–Trinajstić information content (AvgIpc) is 2.18. The van der Waals surface area contributed by atoms with Crippen molar-refractivity contribution in [2.24, 2.45) is 5.41 Å². The van der Waals surface area contributed by atoms with Crippen LogP contribution in [0.15, 0.2) is 0 Å². The Hall–Kier alpha value is -1.06. The highest BCUT2D eigenvalue weighted by Crippen LogP contribution is 2.35. The van der Waals surface area contributed by atoms with Crippen molar-refractivity contribution in [3.63, 3.8) is 0 Å². The van der Waals surface area contributed by atoms with Gasteiger partial charge in [0.2, 0.25) is 5.91 Å². The molecule has 4 nitrogen and oxygen atoms in total. The van der Waals surface area contributed by atoms with Gasteiger partial charge in [-0.2, -0.15) is 0 Å². The van der Waals surface area contributed by atoms with Crippen molar-refractivity contribution in [1.82, 2.24) is 5.32 Å². The fourth-order valence-corrected chi connectivity index (χ4v) is 2.25. The van der Waals surface area contributed by atoms with Crippen molar-refractivity contribution < 1.29 is 14.7 Å². The molecular formula is C12H21NO3. The summed E-state index contributed by atoms with van der Waals surface area (Å²) in [6, 6.07) is 0.197. The predicted molar refractivity (Wildman–Crippen MR) is 61.0 cm³/mol. The van der Waals surface area contributed by atoms with E-state index >= 15 is 0 Å². The first-order chi connectivity index (χ1) is 7.42. The number of nitrogens with one attached hydrogen (secondary N) is 1. The molecule has 0 bridgehead atoms. The SMILES string of the molecule is CC1(C)CCCCC1NC(=O)CCC(=O)O. The molecular weight excluding hydrogens is 206 g/mol. The van der Waals surface area contributed by atoms with Gasteiger partial charge in [-0.25, -0.2) is 0 Å². The highest BCUT2D eigenvalue weighted by molar-refractivity contribution is 5.80. The van der Waals surface area contributed by atoms with Crippen LogP contribution in [-0.4, -0.2) is 23.0 Å². The standard InChI is InChI=1S/C12H21NO3/c1-12(2)8-4-3-5-9(12)13-10(14)6-7-11(15)16/h9H,3-8H2,1-2H3,(H,13,14)(H,15,16). The molecule has 0 radical (unpaired) electrons. The lowest BCUT2D eigenvalue weighted by molar-refractivity contribution is -0.139. The molecule has 0 aromatic rings. The van der Waals surface area contributed by atoms with Crippen LogP contribution in [0.25, 0.3) is 0 Å². The first kappa shape index (κ1) is 13.0. The Bertz CT molecular complexity index is 273. The minimum absolute atomic E-state index is 0.0843. The van der Waals surface area contributed by atoms with Crippen LogP contribution in [0.4, 0.5) is 0 Å². The van der Waals surface area contributed by atoms with E-state index in [1.807, 2.05) is 0 Å². The van der Waals surface area contributed by atoms with Crippen LogP contribution >= 0.6 is 0 Å². The van der Waals surface area contributed by atoms with Crippen LogP contribution in [0.3, 0.4) is 0 Å². The quantitative estimate of drug-likeness (QED) is 0.771. The number of carboxylic acids is 1. The first-order valence-corrected chi connectivity index (χ1v) is 5.93. The third kappa shape index (κ3) is 3.83. The van der Waals surface area contributed by atoms with Gasteiger partial charge in [0, 0.05) is 12.5 Å². The van der Waals surface area contributed by atoms with E-state index in [9.17, 15) is 9.59 Å². The Morgan fingerprint density at radius 1 is 1.31 bits per heavy atom. The van der Waals surface area contributed by atoms with Crippen molar-refractivity contribution in [3.8, 4) is 0 Å². The van der Waals surface area contributed by atoms with E-state index in [1.54, 1.807) is 0 Å². The van der Waals surface area contributed by atoms with Crippen LogP contribution in [0.2, 0.25) is 0 Å². The van der Waals surface area contributed by atoms with Gasteiger partial charge in [0.05, 0.1) is 6.42 Å². The maximum Gasteiger partial charge on any atom is 0.303 e. The molecule has 1 amide bonds. The molecule has 1 atom stereocenters. The van der Waals surface area contributed by atoms with E-state index in [-0.39, 0.29) is 30.2 Å². The normalized spacial score (nSPS) is 23.8. The predicted octanol–water partition coefficient (Wildman–Crippen LogP) is 1.94. The van der Waals surface area contributed by atoms with Gasteiger partial charge in [0.25, 0.3) is 0 Å². The lowest BCUT2D eigenvalue weighted by Gasteiger charge is -2.39. The highest BCUT2D eigenvalue weighted by atomic mass is 16.4. The molecule has 1 aliphatic rings. The number of amides is 1. The summed E-state index contributed by atoms with van der Waals surface area (Å²) in [5.41, 5.74) is 0.136. The van der Waals surface area contributed by atoms with E-state index in [0.29, 0.717) is 0 Å². The molecule has 1 saturated carbocycles. The summed E-state index contributed by atoms with van der Waals surface area (Å²) < 4.78 is 0. The molecule has 16 heavy (non-hydrogen) atoms. The van der Waals surface area contributed by atoms with Gasteiger partial charge in [-0.3, -0.25) is 9.59 Å². The highest BCUT2D eigenvalue weighted by Gasteiger charge is 2.32. The van der Waals surface area contributed by atoms with Crippen LogP contribution in [0, 0.1) is 5.41 Å². The molecule has 0 aromatic heterocycles. The zero-order valence-electron chi connectivity index (χ0n) is 10.1. The molecule has 0 spiro atoms. The maximum atomic E-state index is 11.5. The lowest BCUT2D eigenvalue weighted by Crippen LogP contribution is -2.46. The Kier molecular flexibility index (Phi) is 4.33. The van der Waals surface area contributed by atoms with Crippen molar-refractivity contribution in [3.05, 3.63) is 0 Å². The van der Waals surface area contributed by atoms with E-state index in [0.717, 1.165) is 19.3 Å². The van der Waals surface area contributed by atoms with Crippen molar-refractivity contribution in [2.45, 2.75) is 58.4 Å². The van der Waals surface area contributed by atoms with E-state index in [2.05, 4.69) is 19.2 Å². The summed E-state index contributed by atoms with van der Waals surface area (Å²) >= 11 is 0. The Balaban J connectivity index is 2.40. The third-order valence-corrected chi connectivity index (χ3v) is 3.41. The summed E-state index contributed by atoms with van der Waals surface area (Å²) in [7, 11) is 0. The smallest absolute Gasteiger partial charge is 0.303 e. The second kappa shape index (κ2) is 5.32. The molecule has 1 rings (SSSR count). The van der Waals surface area contributed by atoms with E-state index < -0.39 is 5.97 Å². The van der Waals surface area contributed by atoms with Gasteiger partial charge in [-0.15, -0.1) is 0 Å². The summed E-state index contributed by atoms with van der Waals surface area (Å²) in [6.07, 6.45) is 4.49. The summed E-state index contributed by atoms with van der Waals surface area (Å²) in [6.45, 7) is 4.32. The molecule has 0 heterocycles. The Labute approximate surface area is 96.4 Å². The monoisotopic (exact) mass is 227 g/mol. The average molecular weight is 227 g/mol. The van der Waals surface area contributed by atoms with Crippen LogP contribution in [0.5, 0.6) is 0 Å². The molecule has 1 aliphatic carbocycles. The molecule has 1 unspecified atom stereocenters. The topological polar surface area (TPSA) is 66.4 Å². The Morgan fingerprint density at radius 3 is 2.56 bits per heavy atom. The summed E-state index contributed by atoms with van der Waals surface area (Å²) in [5, 5.41) is 11.5. The molecule has 4 heteroatoms. The van der Waals surface area contributed by atoms with E-state index in [4.69, 9.17) is 5.11 Å². The first-order valence-electron chi connectivity index (χ1n) is 5.93. The van der Waals surface area contributed by atoms with Gasteiger partial charge in [-0.05, 0) is 18.3 Å². The molecule has 1 fully saturated rings. The number of hydrogen-bond donors (Lipinski definition) is 2. The summed E-state index contributed by atoms with van der Waals surface area (Å²) in [4.78, 5) is 21.9. The molecule has 92 valence electrons. The van der Waals surface area contributed by atoms with Crippen molar-refractivity contribution >= 4 is 11.9 Å². The zero-order chi connectivity index (χ0) is 12.2. The van der Waals surface area contributed by atoms with Crippen LogP contribution in [0.1, 0.15) is 52.4 Å². The molecule has 0 aliphatic heterocycles. The lowest BCUT2D eigenvalue weighted by atomic mass is 9.73. The number of carbonyl (C=O) groups excluding carboxylic acids is 1. The molecule has 0 saturated heterocycles. The van der Waals surface area contributed by atoms with Gasteiger partial charge in [0.1, 0.15) is 0 Å². The van der Waals surface area contributed by atoms with Gasteiger partial charge in [-0.1, -0.05) is 26.7 Å². The zero-order valence-corrected chi connectivity index (χ0v) is 10.1. The maximum absolute atomic E-state index is 11.5. The fraction of sp³-hybridized carbons (Fsp3) is 0.833. The van der Waals surface area contributed by atoms with Crippen molar-refractivity contribution in [2.75, 3.05) is 0 Å². The second-order valence-electron chi connectivity index (χ2n) is 5.25.